The van der Waals surface area contributed by atoms with E-state index in [2.05, 4.69) is 9.88 Å². The molecule has 0 aliphatic carbocycles. The Balaban J connectivity index is 3.01. The minimum atomic E-state index is -3.90. The summed E-state index contributed by atoms with van der Waals surface area (Å²) in [7, 11) is -7.31. The number of hydrogen-bond donors (Lipinski definition) is 3. The number of nitrogens with zero attached hydrogens (tertiary/aromatic N) is 1. The minimum Gasteiger partial charge on any atom is -0.409 e. The van der Waals surface area contributed by atoms with Crippen molar-refractivity contribution in [1.82, 2.24) is 0 Å². The van der Waals surface area contributed by atoms with Gasteiger partial charge in [-0.3, -0.25) is 4.72 Å². The molecule has 0 unspecified atom stereocenters. The number of oxime groups is 1. The number of nitrogens with one attached hydrogen (secondary N) is 1. The van der Waals surface area contributed by atoms with Gasteiger partial charge in [0.25, 0.3) is 0 Å². The van der Waals surface area contributed by atoms with Crippen molar-refractivity contribution in [2.24, 2.45) is 10.9 Å². The van der Waals surface area contributed by atoms with Crippen LogP contribution in [0, 0.1) is 0 Å². The average molecular weight is 356 g/mol. The smallest absolute Gasteiger partial charge is 0.233 e. The highest BCUT2D eigenvalue weighted by Gasteiger charge is 2.16. The summed E-state index contributed by atoms with van der Waals surface area (Å²) in [6, 6.07) is 4.07. The van der Waals surface area contributed by atoms with E-state index >= 15 is 0 Å². The van der Waals surface area contributed by atoms with Gasteiger partial charge in [0.1, 0.15) is 9.84 Å². The van der Waals surface area contributed by atoms with Gasteiger partial charge in [0.05, 0.1) is 22.2 Å². The average Bonchev–Trinajstić information content (AvgIpc) is 2.37. The molecule has 21 heavy (non-hydrogen) atoms. The van der Waals surface area contributed by atoms with Gasteiger partial charge in [0, 0.05) is 11.8 Å². The lowest BCUT2D eigenvalue weighted by Gasteiger charge is -2.10. The van der Waals surface area contributed by atoms with Crippen LogP contribution in [0.3, 0.4) is 0 Å². The Hall–Kier alpha value is -1.52. The third-order valence-electron chi connectivity index (χ3n) is 2.36. The largest absolute Gasteiger partial charge is 0.409 e. The summed E-state index contributed by atoms with van der Waals surface area (Å²) in [6.45, 7) is 0. The zero-order valence-electron chi connectivity index (χ0n) is 10.9. The van der Waals surface area contributed by atoms with E-state index < -0.39 is 31.4 Å². The van der Waals surface area contributed by atoms with Gasteiger partial charge < -0.3 is 10.9 Å². The summed E-state index contributed by atoms with van der Waals surface area (Å²) in [5, 5.41) is 11.5. The molecule has 1 aromatic carbocycles. The van der Waals surface area contributed by atoms with Crippen molar-refractivity contribution >= 4 is 43.0 Å². The van der Waals surface area contributed by atoms with Gasteiger partial charge in [-0.05, 0) is 18.2 Å². The Morgan fingerprint density at radius 2 is 1.95 bits per heavy atom. The number of hydrogen-bond acceptors (Lipinski definition) is 6. The van der Waals surface area contributed by atoms with Crippen molar-refractivity contribution in [2.75, 3.05) is 22.5 Å². The van der Waals surface area contributed by atoms with Crippen molar-refractivity contribution in [3.8, 4) is 0 Å². The second-order valence-electron chi connectivity index (χ2n) is 4.23. The van der Waals surface area contributed by atoms with E-state index in [0.717, 1.165) is 6.26 Å². The standard InChI is InChI=1S/C10H14ClN3O5S2/c1-20(16,17)4-5-21(18,19)14-9-6-7(10(12)13-15)2-3-8(9)11/h2-3,6,14-15H,4-5H2,1H3,(H2,12,13). The van der Waals surface area contributed by atoms with E-state index in [0.29, 0.717) is 0 Å². The molecule has 0 amide bonds. The summed E-state index contributed by atoms with van der Waals surface area (Å²) in [5.41, 5.74) is 5.65. The normalized spacial score (nSPS) is 13.1. The van der Waals surface area contributed by atoms with Crippen LogP contribution >= 0.6 is 11.6 Å². The monoisotopic (exact) mass is 355 g/mol. The number of benzene rings is 1. The zero-order valence-corrected chi connectivity index (χ0v) is 13.3. The van der Waals surface area contributed by atoms with E-state index in [9.17, 15) is 16.8 Å². The number of sulfone groups is 1. The van der Waals surface area contributed by atoms with E-state index in [1.54, 1.807) is 0 Å². The highest BCUT2D eigenvalue weighted by atomic mass is 35.5. The molecule has 0 fully saturated rings. The molecule has 0 aliphatic heterocycles. The first-order valence-corrected chi connectivity index (χ1v) is 9.59. The Morgan fingerprint density at radius 3 is 2.48 bits per heavy atom. The summed E-state index contributed by atoms with van der Waals surface area (Å²) < 4.78 is 47.8. The topological polar surface area (TPSA) is 139 Å². The Kier molecular flexibility index (Phi) is 5.42. The highest BCUT2D eigenvalue weighted by Crippen LogP contribution is 2.24. The fourth-order valence-electron chi connectivity index (χ4n) is 1.30. The molecule has 0 saturated carbocycles. The molecule has 0 aliphatic rings. The third-order valence-corrected chi connectivity index (χ3v) is 5.16. The zero-order chi connectivity index (χ0) is 16.3. The molecular formula is C10H14ClN3O5S2. The summed E-state index contributed by atoms with van der Waals surface area (Å²) in [5.74, 6) is -1.33. The summed E-state index contributed by atoms with van der Waals surface area (Å²) in [6.07, 6.45) is 0.939. The lowest BCUT2D eigenvalue weighted by Crippen LogP contribution is -2.23. The van der Waals surface area contributed by atoms with Crippen molar-refractivity contribution in [1.29, 1.82) is 0 Å². The van der Waals surface area contributed by atoms with Crippen LogP contribution in [-0.4, -0.2) is 45.6 Å². The number of sulfonamides is 1. The van der Waals surface area contributed by atoms with E-state index in [-0.39, 0.29) is 22.1 Å². The molecule has 0 atom stereocenters. The van der Waals surface area contributed by atoms with Crippen LogP contribution in [0.2, 0.25) is 5.02 Å². The molecule has 11 heteroatoms. The first-order chi connectivity index (χ1) is 9.54. The molecule has 4 N–H and O–H groups in total. The fourth-order valence-corrected chi connectivity index (χ4v) is 4.22. The number of nitrogens with two attached hydrogens (primary N) is 1. The van der Waals surface area contributed by atoms with E-state index in [1.807, 2.05) is 0 Å². The molecule has 0 saturated heterocycles. The van der Waals surface area contributed by atoms with Gasteiger partial charge in [-0.2, -0.15) is 0 Å². The molecule has 0 radical (unpaired) electrons. The number of rotatable bonds is 6. The summed E-state index contributed by atoms with van der Waals surface area (Å²) >= 11 is 5.85. The van der Waals surface area contributed by atoms with E-state index in [1.165, 1.54) is 18.2 Å². The molecule has 118 valence electrons. The Morgan fingerprint density at radius 1 is 1.33 bits per heavy atom. The first-order valence-electron chi connectivity index (χ1n) is 5.50. The second-order valence-corrected chi connectivity index (χ2v) is 8.74. The molecular weight excluding hydrogens is 342 g/mol. The molecule has 0 spiro atoms. The van der Waals surface area contributed by atoms with Crippen LogP contribution in [0.15, 0.2) is 23.4 Å². The van der Waals surface area contributed by atoms with Crippen LogP contribution in [0.4, 0.5) is 5.69 Å². The summed E-state index contributed by atoms with van der Waals surface area (Å²) in [4.78, 5) is 0. The Labute approximate surface area is 127 Å². The molecule has 0 bridgehead atoms. The van der Waals surface area contributed by atoms with Crippen LogP contribution in [0.1, 0.15) is 5.56 Å². The van der Waals surface area contributed by atoms with Crippen LogP contribution in [0.5, 0.6) is 0 Å². The van der Waals surface area contributed by atoms with Crippen LogP contribution < -0.4 is 10.5 Å². The van der Waals surface area contributed by atoms with Crippen molar-refractivity contribution in [2.45, 2.75) is 0 Å². The predicted molar refractivity (Wildman–Crippen MR) is 81.1 cm³/mol. The number of anilines is 1. The first kappa shape index (κ1) is 17.5. The number of amidine groups is 1. The third kappa shape index (κ3) is 5.78. The molecule has 0 aromatic heterocycles. The predicted octanol–water partition coefficient (Wildman–Crippen LogP) is 0.221. The lowest BCUT2D eigenvalue weighted by molar-refractivity contribution is 0.318. The maximum atomic E-state index is 11.8. The van der Waals surface area contributed by atoms with Crippen LogP contribution in [0.25, 0.3) is 0 Å². The lowest BCUT2D eigenvalue weighted by atomic mass is 10.2. The molecule has 1 aromatic rings. The van der Waals surface area contributed by atoms with Gasteiger partial charge in [-0.1, -0.05) is 16.8 Å². The Bertz CT molecular complexity index is 759. The van der Waals surface area contributed by atoms with Gasteiger partial charge in [0.2, 0.25) is 10.0 Å². The van der Waals surface area contributed by atoms with Crippen molar-refractivity contribution < 1.29 is 22.0 Å². The maximum absolute atomic E-state index is 11.8. The quantitative estimate of drug-likeness (QED) is 0.289. The SMILES string of the molecule is CS(=O)(=O)CCS(=O)(=O)Nc1cc(/C(N)=N/O)ccc1Cl. The van der Waals surface area contributed by atoms with Gasteiger partial charge in [-0.25, -0.2) is 16.8 Å². The van der Waals surface area contributed by atoms with Crippen molar-refractivity contribution in [3.05, 3.63) is 28.8 Å². The second kappa shape index (κ2) is 6.50. The molecule has 1 rings (SSSR count). The van der Waals surface area contributed by atoms with E-state index in [4.69, 9.17) is 22.5 Å². The molecule has 0 heterocycles. The maximum Gasteiger partial charge on any atom is 0.233 e. The molecule has 8 nitrogen and oxygen atoms in total. The van der Waals surface area contributed by atoms with Crippen molar-refractivity contribution in [3.63, 3.8) is 0 Å². The minimum absolute atomic E-state index is 0.00858. The fraction of sp³-hybridized carbons (Fsp3) is 0.300. The highest BCUT2D eigenvalue weighted by molar-refractivity contribution is 7.95. The van der Waals surface area contributed by atoms with Gasteiger partial charge >= 0.3 is 0 Å². The number of halogens is 1. The van der Waals surface area contributed by atoms with Gasteiger partial charge in [0.15, 0.2) is 5.84 Å². The van der Waals surface area contributed by atoms with Crippen LogP contribution in [-0.2, 0) is 19.9 Å². The van der Waals surface area contributed by atoms with Gasteiger partial charge in [-0.15, -0.1) is 0 Å².